The van der Waals surface area contributed by atoms with Crippen LogP contribution in [0.1, 0.15) is 31.9 Å². The maximum Gasteiger partial charge on any atom is 0.140 e. The number of piperidine rings is 1. The Hall–Kier alpha value is -1.64. The van der Waals surface area contributed by atoms with E-state index in [-0.39, 0.29) is 17.6 Å². The van der Waals surface area contributed by atoms with Crippen molar-refractivity contribution in [1.82, 2.24) is 4.98 Å². The molecule has 2 atom stereocenters. The van der Waals surface area contributed by atoms with Crippen LogP contribution >= 0.6 is 0 Å². The van der Waals surface area contributed by atoms with Crippen LogP contribution in [0.5, 0.6) is 0 Å². The number of pyridine rings is 1. The minimum absolute atomic E-state index is 0.0491. The molecule has 1 spiro atoms. The summed E-state index contributed by atoms with van der Waals surface area (Å²) in [6, 6.07) is 5.73. The molecular formula is C16H21N3O2. The van der Waals surface area contributed by atoms with Gasteiger partial charge in [0.2, 0.25) is 0 Å². The van der Waals surface area contributed by atoms with Gasteiger partial charge in [0.15, 0.2) is 0 Å². The second-order valence-corrected chi connectivity index (χ2v) is 5.93. The molecule has 1 aromatic heterocycles. The van der Waals surface area contributed by atoms with Gasteiger partial charge in [-0.3, -0.25) is 0 Å². The summed E-state index contributed by atoms with van der Waals surface area (Å²) in [5.74, 6) is 0. The summed E-state index contributed by atoms with van der Waals surface area (Å²) in [6.07, 6.45) is 4.39. The van der Waals surface area contributed by atoms with Crippen LogP contribution in [0.3, 0.4) is 0 Å². The quantitative estimate of drug-likeness (QED) is 0.916. The van der Waals surface area contributed by atoms with E-state index in [1.165, 1.54) is 0 Å². The number of hydrogen-bond acceptors (Lipinski definition) is 5. The van der Waals surface area contributed by atoms with Gasteiger partial charge in [-0.15, -0.1) is 0 Å². The number of aromatic nitrogens is 1. The lowest BCUT2D eigenvalue weighted by Crippen LogP contribution is -2.62. The lowest BCUT2D eigenvalue weighted by atomic mass is 9.58. The summed E-state index contributed by atoms with van der Waals surface area (Å²) in [6.45, 7) is 4.51. The lowest BCUT2D eigenvalue weighted by Gasteiger charge is -2.56. The number of rotatable bonds is 3. The number of anilines is 1. The Kier molecular flexibility index (Phi) is 3.83. The largest absolute Gasteiger partial charge is 0.392 e. The van der Waals surface area contributed by atoms with Gasteiger partial charge in [-0.2, -0.15) is 5.26 Å². The molecule has 0 amide bonds. The van der Waals surface area contributed by atoms with E-state index in [4.69, 9.17) is 10.00 Å². The van der Waals surface area contributed by atoms with Crippen LogP contribution in [0.4, 0.5) is 5.69 Å². The highest BCUT2D eigenvalue weighted by Gasteiger charge is 2.56. The number of nitrogens with zero attached hydrogens (tertiary/aromatic N) is 3. The first-order valence-electron chi connectivity index (χ1n) is 7.60. The minimum Gasteiger partial charge on any atom is -0.392 e. The highest BCUT2D eigenvalue weighted by Crippen LogP contribution is 2.51. The fourth-order valence-electron chi connectivity index (χ4n) is 3.64. The molecule has 0 bridgehead atoms. The SMILES string of the molecule is CCO[C@@H]1C[C@H](O)C12CCN(c1ccc(C#N)nc1)CC2. The fraction of sp³-hybridized carbons (Fsp3) is 0.625. The molecule has 2 fully saturated rings. The topological polar surface area (TPSA) is 69.4 Å². The second kappa shape index (κ2) is 5.63. The third-order valence-electron chi connectivity index (χ3n) is 5.03. The Bertz CT molecular complexity index is 527. The van der Waals surface area contributed by atoms with Crippen molar-refractivity contribution >= 4 is 5.69 Å². The number of ether oxygens (including phenoxy) is 1. The van der Waals surface area contributed by atoms with Gasteiger partial charge in [-0.25, -0.2) is 4.98 Å². The van der Waals surface area contributed by atoms with Crippen molar-refractivity contribution < 1.29 is 9.84 Å². The monoisotopic (exact) mass is 287 g/mol. The molecule has 1 aromatic rings. The standard InChI is InChI=1S/C16H21N3O2/c1-2-21-15-9-14(20)16(15)5-7-19(8-6-16)13-4-3-12(10-17)18-11-13/h3-4,11,14-15,20H,2,5-9H2,1H3/t14-,15+/m0/s1. The second-order valence-electron chi connectivity index (χ2n) is 5.93. The molecule has 2 aliphatic rings. The van der Waals surface area contributed by atoms with E-state index in [9.17, 15) is 5.11 Å². The summed E-state index contributed by atoms with van der Waals surface area (Å²) < 4.78 is 5.79. The Morgan fingerprint density at radius 1 is 1.48 bits per heavy atom. The van der Waals surface area contributed by atoms with Gasteiger partial charge in [0.25, 0.3) is 0 Å². The van der Waals surface area contributed by atoms with Gasteiger partial charge < -0.3 is 14.7 Å². The number of aliphatic hydroxyl groups excluding tert-OH is 1. The number of nitriles is 1. The summed E-state index contributed by atoms with van der Waals surface area (Å²) in [4.78, 5) is 6.40. The smallest absolute Gasteiger partial charge is 0.140 e. The van der Waals surface area contributed by atoms with Crippen LogP contribution in [0.25, 0.3) is 0 Å². The van der Waals surface area contributed by atoms with Crippen molar-refractivity contribution in [3.05, 3.63) is 24.0 Å². The summed E-state index contributed by atoms with van der Waals surface area (Å²) in [5.41, 5.74) is 1.44. The summed E-state index contributed by atoms with van der Waals surface area (Å²) >= 11 is 0. The van der Waals surface area contributed by atoms with Crippen molar-refractivity contribution in [2.75, 3.05) is 24.6 Å². The van der Waals surface area contributed by atoms with E-state index in [0.29, 0.717) is 12.3 Å². The van der Waals surface area contributed by atoms with Crippen LogP contribution in [0.2, 0.25) is 0 Å². The first-order valence-corrected chi connectivity index (χ1v) is 7.60. The first kappa shape index (κ1) is 14.3. The molecule has 2 heterocycles. The van der Waals surface area contributed by atoms with Gasteiger partial charge in [0, 0.05) is 31.5 Å². The number of hydrogen-bond donors (Lipinski definition) is 1. The molecule has 0 unspecified atom stereocenters. The average molecular weight is 287 g/mol. The van der Waals surface area contributed by atoms with E-state index >= 15 is 0 Å². The molecule has 1 N–H and O–H groups in total. The van der Waals surface area contributed by atoms with Crippen molar-refractivity contribution in [2.45, 2.75) is 38.4 Å². The first-order chi connectivity index (χ1) is 10.2. The molecule has 21 heavy (non-hydrogen) atoms. The molecule has 1 aliphatic carbocycles. The third kappa shape index (κ3) is 2.39. The molecule has 1 saturated carbocycles. The van der Waals surface area contributed by atoms with E-state index in [2.05, 4.69) is 9.88 Å². The van der Waals surface area contributed by atoms with Gasteiger partial charge in [-0.1, -0.05) is 0 Å². The fourth-order valence-corrected chi connectivity index (χ4v) is 3.64. The molecule has 1 aliphatic heterocycles. The third-order valence-corrected chi connectivity index (χ3v) is 5.03. The highest BCUT2D eigenvalue weighted by molar-refractivity contribution is 5.46. The average Bonchev–Trinajstić information content (AvgIpc) is 2.55. The van der Waals surface area contributed by atoms with Crippen LogP contribution in [-0.4, -0.2) is 42.0 Å². The molecular weight excluding hydrogens is 266 g/mol. The maximum atomic E-state index is 10.2. The molecule has 0 radical (unpaired) electrons. The van der Waals surface area contributed by atoms with Crippen LogP contribution in [-0.2, 0) is 4.74 Å². The zero-order valence-electron chi connectivity index (χ0n) is 12.3. The summed E-state index contributed by atoms with van der Waals surface area (Å²) in [7, 11) is 0. The zero-order chi connectivity index (χ0) is 14.9. The van der Waals surface area contributed by atoms with Crippen molar-refractivity contribution in [2.24, 2.45) is 5.41 Å². The molecule has 1 saturated heterocycles. The summed E-state index contributed by atoms with van der Waals surface area (Å²) in [5, 5.41) is 19.0. The predicted octanol–water partition coefficient (Wildman–Crippen LogP) is 1.71. The molecule has 0 aromatic carbocycles. The van der Waals surface area contributed by atoms with Crippen molar-refractivity contribution in [3.8, 4) is 6.07 Å². The highest BCUT2D eigenvalue weighted by atomic mass is 16.5. The van der Waals surface area contributed by atoms with E-state index in [1.54, 1.807) is 12.3 Å². The predicted molar refractivity (Wildman–Crippen MR) is 78.9 cm³/mol. The van der Waals surface area contributed by atoms with Gasteiger partial charge in [-0.05, 0) is 31.9 Å². The minimum atomic E-state index is -0.227. The maximum absolute atomic E-state index is 10.2. The molecule has 5 heteroatoms. The molecule has 5 nitrogen and oxygen atoms in total. The zero-order valence-corrected chi connectivity index (χ0v) is 12.3. The van der Waals surface area contributed by atoms with Crippen LogP contribution in [0.15, 0.2) is 18.3 Å². The van der Waals surface area contributed by atoms with Crippen molar-refractivity contribution in [3.63, 3.8) is 0 Å². The molecule has 112 valence electrons. The normalized spacial score (nSPS) is 27.2. The number of aliphatic hydroxyl groups is 1. The van der Waals surface area contributed by atoms with Crippen molar-refractivity contribution in [1.29, 1.82) is 5.26 Å². The van der Waals surface area contributed by atoms with Crippen LogP contribution < -0.4 is 4.90 Å². The van der Waals surface area contributed by atoms with Gasteiger partial charge >= 0.3 is 0 Å². The van der Waals surface area contributed by atoms with Gasteiger partial charge in [0.05, 0.1) is 24.1 Å². The van der Waals surface area contributed by atoms with E-state index in [0.717, 1.165) is 38.0 Å². The Balaban J connectivity index is 1.65. The van der Waals surface area contributed by atoms with Gasteiger partial charge in [0.1, 0.15) is 11.8 Å². The lowest BCUT2D eigenvalue weighted by molar-refractivity contribution is -0.199. The van der Waals surface area contributed by atoms with E-state index < -0.39 is 0 Å². The Labute approximate surface area is 125 Å². The molecule has 3 rings (SSSR count). The van der Waals surface area contributed by atoms with Crippen LogP contribution in [0, 0.1) is 16.7 Å². The Morgan fingerprint density at radius 2 is 2.24 bits per heavy atom. The Morgan fingerprint density at radius 3 is 2.76 bits per heavy atom. The van der Waals surface area contributed by atoms with E-state index in [1.807, 2.05) is 19.1 Å².